The molecule has 1 atom stereocenters. The summed E-state index contributed by atoms with van der Waals surface area (Å²) in [6, 6.07) is 5.76. The first-order valence-corrected chi connectivity index (χ1v) is 11.2. The number of halogens is 1. The van der Waals surface area contributed by atoms with Crippen molar-refractivity contribution in [1.29, 1.82) is 0 Å². The maximum absolute atomic E-state index is 13.0. The summed E-state index contributed by atoms with van der Waals surface area (Å²) in [6.07, 6.45) is -0.0634. The molecule has 2 aromatic rings. The third kappa shape index (κ3) is 3.81. The number of nitrogens with one attached hydrogen (secondary N) is 2. The van der Waals surface area contributed by atoms with E-state index in [0.717, 1.165) is 31.2 Å². The van der Waals surface area contributed by atoms with Gasteiger partial charge in [-0.3, -0.25) is 4.79 Å². The van der Waals surface area contributed by atoms with E-state index in [1.807, 2.05) is 25.1 Å². The van der Waals surface area contributed by atoms with E-state index in [2.05, 4.69) is 26.6 Å². The second kappa shape index (κ2) is 8.23. The van der Waals surface area contributed by atoms with Gasteiger partial charge in [-0.2, -0.15) is 0 Å². The summed E-state index contributed by atoms with van der Waals surface area (Å²) in [7, 11) is 0. The third-order valence-corrected chi connectivity index (χ3v) is 6.58. The molecule has 2 aliphatic heterocycles. The molecule has 0 fully saturated rings. The van der Waals surface area contributed by atoms with Crippen molar-refractivity contribution in [3.63, 3.8) is 0 Å². The Morgan fingerprint density at radius 3 is 2.90 bits per heavy atom. The molecule has 4 rings (SSSR count). The molecule has 154 valence electrons. The zero-order valence-electron chi connectivity index (χ0n) is 16.2. The fourth-order valence-electron chi connectivity index (χ4n) is 3.67. The number of thiophene rings is 1. The van der Waals surface area contributed by atoms with Crippen LogP contribution >= 0.6 is 27.3 Å². The SMILES string of the molecule is CCOC(=O)N1CCc2c(sc3c2C(=O)N[C@H](c2cc(Br)ccc2OCC)N3)C1. The zero-order chi connectivity index (χ0) is 20.5. The first-order chi connectivity index (χ1) is 14.0. The van der Waals surface area contributed by atoms with Gasteiger partial charge in [0.05, 0.1) is 25.3 Å². The summed E-state index contributed by atoms with van der Waals surface area (Å²) < 4.78 is 11.8. The van der Waals surface area contributed by atoms with Crippen LogP contribution < -0.4 is 15.4 Å². The van der Waals surface area contributed by atoms with Crippen LogP contribution in [0.25, 0.3) is 0 Å². The Bertz CT molecular complexity index is 961. The highest BCUT2D eigenvalue weighted by Crippen LogP contribution is 2.42. The maximum Gasteiger partial charge on any atom is 0.410 e. The molecule has 29 heavy (non-hydrogen) atoms. The first kappa shape index (κ1) is 20.0. The van der Waals surface area contributed by atoms with Crippen LogP contribution in [-0.2, 0) is 17.7 Å². The largest absolute Gasteiger partial charge is 0.493 e. The van der Waals surface area contributed by atoms with Gasteiger partial charge in [0, 0.05) is 21.5 Å². The van der Waals surface area contributed by atoms with Gasteiger partial charge in [-0.15, -0.1) is 11.3 Å². The number of rotatable bonds is 4. The molecule has 0 saturated heterocycles. The van der Waals surface area contributed by atoms with Gasteiger partial charge in [0.2, 0.25) is 0 Å². The summed E-state index contributed by atoms with van der Waals surface area (Å²) in [5.41, 5.74) is 2.57. The normalized spacial score (nSPS) is 17.7. The van der Waals surface area contributed by atoms with Crippen LogP contribution in [0.2, 0.25) is 0 Å². The minimum absolute atomic E-state index is 0.103. The van der Waals surface area contributed by atoms with E-state index in [9.17, 15) is 9.59 Å². The molecule has 0 spiro atoms. The number of benzene rings is 1. The van der Waals surface area contributed by atoms with Crippen molar-refractivity contribution in [2.75, 3.05) is 25.1 Å². The number of carbonyl (C=O) groups is 2. The van der Waals surface area contributed by atoms with E-state index in [-0.39, 0.29) is 12.0 Å². The second-order valence-electron chi connectivity index (χ2n) is 6.74. The maximum atomic E-state index is 13.0. The molecule has 2 N–H and O–H groups in total. The predicted molar refractivity (Wildman–Crippen MR) is 115 cm³/mol. The Kier molecular flexibility index (Phi) is 5.69. The minimum atomic E-state index is -0.393. The van der Waals surface area contributed by atoms with Gasteiger partial charge in [-0.1, -0.05) is 15.9 Å². The molecule has 1 aromatic heterocycles. The van der Waals surface area contributed by atoms with E-state index in [4.69, 9.17) is 9.47 Å². The number of hydrogen-bond donors (Lipinski definition) is 2. The summed E-state index contributed by atoms with van der Waals surface area (Å²) in [4.78, 5) is 27.8. The molecule has 0 radical (unpaired) electrons. The highest BCUT2D eigenvalue weighted by Gasteiger charge is 2.35. The average Bonchev–Trinajstić information content (AvgIpc) is 3.07. The molecule has 2 amide bonds. The van der Waals surface area contributed by atoms with E-state index >= 15 is 0 Å². The van der Waals surface area contributed by atoms with Crippen molar-refractivity contribution < 1.29 is 19.1 Å². The molecule has 3 heterocycles. The number of fused-ring (bicyclic) bond motifs is 3. The van der Waals surface area contributed by atoms with E-state index in [1.165, 1.54) is 11.3 Å². The van der Waals surface area contributed by atoms with Crippen LogP contribution in [0.1, 0.15) is 46.4 Å². The Morgan fingerprint density at radius 2 is 2.14 bits per heavy atom. The van der Waals surface area contributed by atoms with Gasteiger partial charge < -0.3 is 25.0 Å². The molecule has 2 aliphatic rings. The average molecular weight is 480 g/mol. The van der Waals surface area contributed by atoms with Crippen molar-refractivity contribution in [3.05, 3.63) is 44.2 Å². The van der Waals surface area contributed by atoms with Crippen molar-refractivity contribution >= 4 is 44.3 Å². The van der Waals surface area contributed by atoms with E-state index in [0.29, 0.717) is 38.3 Å². The molecule has 1 aromatic carbocycles. The number of hydrogen-bond acceptors (Lipinski definition) is 6. The second-order valence-corrected chi connectivity index (χ2v) is 8.77. The van der Waals surface area contributed by atoms with Crippen LogP contribution in [0.4, 0.5) is 9.80 Å². The molecule has 0 aliphatic carbocycles. The lowest BCUT2D eigenvalue weighted by atomic mass is 10.0. The topological polar surface area (TPSA) is 79.9 Å². The monoisotopic (exact) mass is 479 g/mol. The Labute approximate surface area is 181 Å². The lowest BCUT2D eigenvalue weighted by Crippen LogP contribution is -2.39. The zero-order valence-corrected chi connectivity index (χ0v) is 18.6. The molecule has 7 nitrogen and oxygen atoms in total. The minimum Gasteiger partial charge on any atom is -0.493 e. The fourth-order valence-corrected chi connectivity index (χ4v) is 5.34. The summed E-state index contributed by atoms with van der Waals surface area (Å²) in [6.45, 7) is 5.63. The molecular formula is C20H22BrN3O4S. The predicted octanol–water partition coefficient (Wildman–Crippen LogP) is 4.28. The van der Waals surface area contributed by atoms with Gasteiger partial charge in [-0.05, 0) is 44.0 Å². The fraction of sp³-hybridized carbons (Fsp3) is 0.400. The number of carbonyl (C=O) groups excluding carboxylic acids is 2. The van der Waals surface area contributed by atoms with Crippen molar-refractivity contribution in [2.24, 2.45) is 0 Å². The smallest absolute Gasteiger partial charge is 0.410 e. The first-order valence-electron chi connectivity index (χ1n) is 9.57. The van der Waals surface area contributed by atoms with Gasteiger partial charge in [0.25, 0.3) is 5.91 Å². The van der Waals surface area contributed by atoms with Gasteiger partial charge in [0.15, 0.2) is 0 Å². The summed E-state index contributed by atoms with van der Waals surface area (Å²) >= 11 is 5.03. The van der Waals surface area contributed by atoms with E-state index < -0.39 is 6.17 Å². The number of nitrogens with zero attached hydrogens (tertiary/aromatic N) is 1. The third-order valence-electron chi connectivity index (χ3n) is 4.94. The van der Waals surface area contributed by atoms with Crippen LogP contribution in [-0.4, -0.2) is 36.7 Å². The van der Waals surface area contributed by atoms with Gasteiger partial charge in [0.1, 0.15) is 16.9 Å². The van der Waals surface area contributed by atoms with E-state index in [1.54, 1.807) is 11.8 Å². The molecule has 0 unspecified atom stereocenters. The lowest BCUT2D eigenvalue weighted by Gasteiger charge is -2.29. The van der Waals surface area contributed by atoms with Crippen LogP contribution in [0.5, 0.6) is 5.75 Å². The number of amides is 2. The van der Waals surface area contributed by atoms with Crippen molar-refractivity contribution in [2.45, 2.75) is 33.0 Å². The molecule has 0 bridgehead atoms. The highest BCUT2D eigenvalue weighted by atomic mass is 79.9. The van der Waals surface area contributed by atoms with Gasteiger partial charge in [-0.25, -0.2) is 4.79 Å². The van der Waals surface area contributed by atoms with Crippen LogP contribution in [0.15, 0.2) is 22.7 Å². The summed E-state index contributed by atoms with van der Waals surface area (Å²) in [5, 5.41) is 7.33. The van der Waals surface area contributed by atoms with Crippen LogP contribution in [0, 0.1) is 0 Å². The number of ether oxygens (including phenoxy) is 2. The quantitative estimate of drug-likeness (QED) is 0.683. The highest BCUT2D eigenvalue weighted by molar-refractivity contribution is 9.10. The van der Waals surface area contributed by atoms with Crippen molar-refractivity contribution in [3.8, 4) is 5.75 Å². The Balaban J connectivity index is 1.63. The molecular weight excluding hydrogens is 458 g/mol. The molecule has 0 saturated carbocycles. The Morgan fingerprint density at radius 1 is 1.31 bits per heavy atom. The molecule has 9 heteroatoms. The van der Waals surface area contributed by atoms with Crippen LogP contribution in [0.3, 0.4) is 0 Å². The lowest BCUT2D eigenvalue weighted by molar-refractivity contribution is 0.0933. The Hall–Kier alpha value is -2.26. The standard InChI is InChI=1S/C20H22BrN3O4S/c1-3-27-14-6-5-11(21)9-13(14)17-22-18(25)16-12-7-8-24(20(26)28-4-2)10-15(12)29-19(16)23-17/h5-6,9,17,23H,3-4,7-8,10H2,1-2H3,(H,22,25)/t17-/m0/s1. The van der Waals surface area contributed by atoms with Gasteiger partial charge >= 0.3 is 6.09 Å². The van der Waals surface area contributed by atoms with Crippen molar-refractivity contribution in [1.82, 2.24) is 10.2 Å². The summed E-state index contributed by atoms with van der Waals surface area (Å²) in [5.74, 6) is 0.625. The number of anilines is 1.